The number of carbonyl (C=O) groups excluding carboxylic acids is 3. The van der Waals surface area contributed by atoms with Crippen LogP contribution < -0.4 is 15.4 Å². The first-order valence-corrected chi connectivity index (χ1v) is 9.97. The number of rotatable bonds is 9. The van der Waals surface area contributed by atoms with E-state index in [2.05, 4.69) is 10.6 Å². The number of nitrogens with one attached hydrogen (secondary N) is 2. The van der Waals surface area contributed by atoms with E-state index < -0.39 is 36.0 Å². The average molecular weight is 397 g/mol. The maximum absolute atomic E-state index is 12.5. The Kier molecular flexibility index (Phi) is 9.14. The van der Waals surface area contributed by atoms with Gasteiger partial charge in [-0.3, -0.25) is 9.59 Å². The number of para-hydroxylation sites is 1. The third-order valence-electron chi connectivity index (χ3n) is 3.41. The lowest BCUT2D eigenvalue weighted by atomic mass is 10.1. The van der Waals surface area contributed by atoms with Gasteiger partial charge in [0.15, 0.2) is 6.61 Å². The third kappa shape index (κ3) is 8.34. The third-order valence-corrected chi connectivity index (χ3v) is 4.06. The summed E-state index contributed by atoms with van der Waals surface area (Å²) in [5.41, 5.74) is -0.0905. The first-order chi connectivity index (χ1) is 12.7. The van der Waals surface area contributed by atoms with E-state index in [1.165, 1.54) is 7.11 Å². The number of thioether (sulfide) groups is 1. The number of carbonyl (C=O) groups is 3. The predicted molar refractivity (Wildman–Crippen MR) is 106 cm³/mol. The molecule has 2 amide bonds. The quantitative estimate of drug-likeness (QED) is 0.620. The Balaban J connectivity index is 2.75. The maximum atomic E-state index is 12.5. The molecule has 0 heterocycles. The van der Waals surface area contributed by atoms with Crippen LogP contribution in [-0.2, 0) is 14.3 Å². The Morgan fingerprint density at radius 2 is 1.85 bits per heavy atom. The molecule has 0 saturated carbocycles. The molecule has 150 valence electrons. The van der Waals surface area contributed by atoms with Gasteiger partial charge in [-0.05, 0) is 51.3 Å². The van der Waals surface area contributed by atoms with Crippen molar-refractivity contribution in [3.8, 4) is 5.75 Å². The molecule has 0 spiro atoms. The lowest BCUT2D eigenvalue weighted by molar-refractivity contribution is -0.150. The molecule has 1 aromatic rings. The molecule has 2 N–H and O–H groups in total. The highest BCUT2D eigenvalue weighted by Gasteiger charge is 2.25. The van der Waals surface area contributed by atoms with Gasteiger partial charge in [0.25, 0.3) is 11.8 Å². The van der Waals surface area contributed by atoms with Crippen molar-refractivity contribution in [1.82, 2.24) is 10.6 Å². The number of hydrogen-bond acceptors (Lipinski definition) is 6. The van der Waals surface area contributed by atoms with Crippen LogP contribution in [0.3, 0.4) is 0 Å². The molecule has 8 heteroatoms. The molecule has 0 radical (unpaired) electrons. The number of ether oxygens (including phenoxy) is 2. The van der Waals surface area contributed by atoms with Crippen LogP contribution in [0.1, 0.15) is 37.6 Å². The lowest BCUT2D eigenvalue weighted by Gasteiger charge is -2.21. The SMILES string of the molecule is COc1ccccc1C(=O)N[C@@H](CCSC)C(=O)OCC(=O)NC(C)(C)C. The summed E-state index contributed by atoms with van der Waals surface area (Å²) < 4.78 is 10.3. The van der Waals surface area contributed by atoms with E-state index in [0.29, 0.717) is 23.5 Å². The van der Waals surface area contributed by atoms with Crippen molar-refractivity contribution in [1.29, 1.82) is 0 Å². The Morgan fingerprint density at radius 1 is 1.19 bits per heavy atom. The van der Waals surface area contributed by atoms with Gasteiger partial charge in [0, 0.05) is 5.54 Å². The average Bonchev–Trinajstić information content (AvgIpc) is 2.61. The van der Waals surface area contributed by atoms with Gasteiger partial charge in [0.2, 0.25) is 0 Å². The molecule has 1 aromatic carbocycles. The molecular formula is C19H28N2O5S. The maximum Gasteiger partial charge on any atom is 0.329 e. The summed E-state index contributed by atoms with van der Waals surface area (Å²) in [5, 5.41) is 5.39. The number of esters is 1. The van der Waals surface area contributed by atoms with E-state index >= 15 is 0 Å². The first kappa shape index (κ1) is 22.8. The van der Waals surface area contributed by atoms with E-state index in [1.807, 2.05) is 27.0 Å². The number of amides is 2. The van der Waals surface area contributed by atoms with Crippen molar-refractivity contribution >= 4 is 29.5 Å². The number of benzene rings is 1. The molecule has 7 nitrogen and oxygen atoms in total. The Morgan fingerprint density at radius 3 is 2.44 bits per heavy atom. The zero-order valence-electron chi connectivity index (χ0n) is 16.5. The molecule has 27 heavy (non-hydrogen) atoms. The molecule has 1 atom stereocenters. The predicted octanol–water partition coefficient (Wildman–Crippen LogP) is 2.00. The molecule has 0 aliphatic carbocycles. The summed E-state index contributed by atoms with van der Waals surface area (Å²) in [4.78, 5) is 36.8. The van der Waals surface area contributed by atoms with Crippen LogP contribution in [0.2, 0.25) is 0 Å². The van der Waals surface area contributed by atoms with E-state index in [4.69, 9.17) is 9.47 Å². The zero-order valence-corrected chi connectivity index (χ0v) is 17.3. The van der Waals surface area contributed by atoms with Crippen LogP contribution >= 0.6 is 11.8 Å². The lowest BCUT2D eigenvalue weighted by Crippen LogP contribution is -2.45. The van der Waals surface area contributed by atoms with Gasteiger partial charge in [-0.2, -0.15) is 11.8 Å². The number of methoxy groups -OCH3 is 1. The van der Waals surface area contributed by atoms with Crippen LogP contribution in [0.15, 0.2) is 24.3 Å². The second kappa shape index (κ2) is 10.8. The Labute approximate surface area is 164 Å². The van der Waals surface area contributed by atoms with Crippen molar-refractivity contribution < 1.29 is 23.9 Å². The zero-order chi connectivity index (χ0) is 20.4. The van der Waals surface area contributed by atoms with Crippen molar-refractivity contribution in [3.63, 3.8) is 0 Å². The normalized spacial score (nSPS) is 12.0. The molecule has 0 saturated heterocycles. The summed E-state index contributed by atoms with van der Waals surface area (Å²) in [5.74, 6) is -0.404. The van der Waals surface area contributed by atoms with Crippen LogP contribution in [0, 0.1) is 0 Å². The molecule has 0 bridgehead atoms. The van der Waals surface area contributed by atoms with Gasteiger partial charge in [0.1, 0.15) is 11.8 Å². The molecule has 0 aromatic heterocycles. The Bertz CT molecular complexity index is 658. The van der Waals surface area contributed by atoms with Crippen molar-refractivity contribution in [2.75, 3.05) is 25.7 Å². The standard InChI is InChI=1S/C19H28N2O5S/c1-19(2,3)21-16(22)12-26-18(24)14(10-11-27-5)20-17(23)13-8-6-7-9-15(13)25-4/h6-9,14H,10-12H2,1-5H3,(H,20,23)(H,21,22)/t14-/m0/s1. The van der Waals surface area contributed by atoms with E-state index in [0.717, 1.165) is 0 Å². The Hall–Kier alpha value is -2.22. The second-order valence-electron chi connectivity index (χ2n) is 6.91. The summed E-state index contributed by atoms with van der Waals surface area (Å²) in [7, 11) is 1.47. The van der Waals surface area contributed by atoms with E-state index in [9.17, 15) is 14.4 Å². The molecule has 0 fully saturated rings. The smallest absolute Gasteiger partial charge is 0.329 e. The van der Waals surface area contributed by atoms with Crippen LogP contribution in [0.25, 0.3) is 0 Å². The number of hydrogen-bond donors (Lipinski definition) is 2. The minimum atomic E-state index is -0.850. The van der Waals surface area contributed by atoms with E-state index in [1.54, 1.807) is 36.0 Å². The summed E-state index contributed by atoms with van der Waals surface area (Å²) in [6.45, 7) is 5.11. The molecule has 0 aliphatic rings. The fraction of sp³-hybridized carbons (Fsp3) is 0.526. The summed E-state index contributed by atoms with van der Waals surface area (Å²) >= 11 is 1.55. The fourth-order valence-corrected chi connectivity index (χ4v) is 2.72. The van der Waals surface area contributed by atoms with Gasteiger partial charge in [-0.25, -0.2) is 4.79 Å². The summed E-state index contributed by atoms with van der Waals surface area (Å²) in [6.07, 6.45) is 2.29. The molecule has 0 unspecified atom stereocenters. The second-order valence-corrected chi connectivity index (χ2v) is 7.90. The minimum Gasteiger partial charge on any atom is -0.496 e. The molecule has 0 aliphatic heterocycles. The largest absolute Gasteiger partial charge is 0.496 e. The molecule has 1 rings (SSSR count). The highest BCUT2D eigenvalue weighted by Crippen LogP contribution is 2.17. The van der Waals surface area contributed by atoms with Gasteiger partial charge in [-0.15, -0.1) is 0 Å². The topological polar surface area (TPSA) is 93.7 Å². The van der Waals surface area contributed by atoms with Gasteiger partial charge >= 0.3 is 5.97 Å². The van der Waals surface area contributed by atoms with Crippen LogP contribution in [0.4, 0.5) is 0 Å². The van der Waals surface area contributed by atoms with Gasteiger partial charge < -0.3 is 20.1 Å². The fourth-order valence-electron chi connectivity index (χ4n) is 2.24. The van der Waals surface area contributed by atoms with Crippen LogP contribution in [-0.4, -0.2) is 55.1 Å². The molecular weight excluding hydrogens is 368 g/mol. The van der Waals surface area contributed by atoms with E-state index in [-0.39, 0.29) is 0 Å². The van der Waals surface area contributed by atoms with Gasteiger partial charge in [0.05, 0.1) is 12.7 Å². The van der Waals surface area contributed by atoms with Crippen molar-refractivity contribution in [2.24, 2.45) is 0 Å². The van der Waals surface area contributed by atoms with Crippen molar-refractivity contribution in [3.05, 3.63) is 29.8 Å². The van der Waals surface area contributed by atoms with Crippen LogP contribution in [0.5, 0.6) is 5.75 Å². The highest BCUT2D eigenvalue weighted by molar-refractivity contribution is 7.98. The monoisotopic (exact) mass is 396 g/mol. The van der Waals surface area contributed by atoms with Gasteiger partial charge in [-0.1, -0.05) is 12.1 Å². The van der Waals surface area contributed by atoms with Crippen molar-refractivity contribution in [2.45, 2.75) is 38.8 Å². The minimum absolute atomic E-state index is 0.326. The highest BCUT2D eigenvalue weighted by atomic mass is 32.2. The first-order valence-electron chi connectivity index (χ1n) is 8.58. The summed E-state index contributed by atoms with van der Waals surface area (Å²) in [6, 6.07) is 5.90.